The first-order valence-electron chi connectivity index (χ1n) is 12.0. The molecule has 1 atom stereocenters. The van der Waals surface area contributed by atoms with Crippen LogP contribution in [0.3, 0.4) is 0 Å². The highest BCUT2D eigenvalue weighted by molar-refractivity contribution is 5.66. The van der Waals surface area contributed by atoms with Gasteiger partial charge in [0.15, 0.2) is 0 Å². The molecule has 0 N–H and O–H groups in total. The minimum Gasteiger partial charge on any atom is -0.494 e. The first-order chi connectivity index (χ1) is 16.2. The number of halogens is 1. The van der Waals surface area contributed by atoms with E-state index in [4.69, 9.17) is 11.2 Å². The van der Waals surface area contributed by atoms with Crippen LogP contribution in [0.2, 0.25) is 0 Å². The molecule has 3 aromatic carbocycles. The highest BCUT2D eigenvalue weighted by Crippen LogP contribution is 2.36. The largest absolute Gasteiger partial charge is 0.494 e. The molecule has 34 heavy (non-hydrogen) atoms. The van der Waals surface area contributed by atoms with Crippen molar-refractivity contribution in [1.82, 2.24) is 0 Å². The Morgan fingerprint density at radius 2 is 1.62 bits per heavy atom. The average molecular weight is 458 g/mol. The van der Waals surface area contributed by atoms with Crippen molar-refractivity contribution in [2.45, 2.75) is 64.8 Å². The zero-order chi connectivity index (χ0) is 24.8. The van der Waals surface area contributed by atoms with Crippen molar-refractivity contribution < 1.29 is 9.13 Å². The van der Waals surface area contributed by atoms with Crippen LogP contribution >= 0.6 is 0 Å². The summed E-state index contributed by atoms with van der Waals surface area (Å²) in [4.78, 5) is 2.07. The molecule has 3 heteroatoms. The van der Waals surface area contributed by atoms with Crippen LogP contribution in [0, 0.1) is 18.2 Å². The Bertz CT molecular complexity index is 1110. The summed E-state index contributed by atoms with van der Waals surface area (Å²) >= 11 is 0. The van der Waals surface area contributed by atoms with Gasteiger partial charge in [-0.05, 0) is 101 Å². The van der Waals surface area contributed by atoms with E-state index in [1.165, 1.54) is 0 Å². The second kappa shape index (κ2) is 10.8. The van der Waals surface area contributed by atoms with E-state index in [0.717, 1.165) is 41.8 Å². The average Bonchev–Trinajstić information content (AvgIpc) is 2.81. The van der Waals surface area contributed by atoms with E-state index in [9.17, 15) is 0 Å². The lowest BCUT2D eigenvalue weighted by molar-refractivity contribution is 0.340. The van der Waals surface area contributed by atoms with Crippen molar-refractivity contribution in [3.8, 4) is 18.1 Å². The van der Waals surface area contributed by atoms with Crippen molar-refractivity contribution >= 4 is 11.4 Å². The maximum Gasteiger partial charge on any atom is 0.146 e. The zero-order valence-electron chi connectivity index (χ0n) is 21.1. The smallest absolute Gasteiger partial charge is 0.146 e. The van der Waals surface area contributed by atoms with E-state index < -0.39 is 0 Å². The Balaban J connectivity index is 1.78. The van der Waals surface area contributed by atoms with Crippen LogP contribution in [0.25, 0.3) is 0 Å². The van der Waals surface area contributed by atoms with E-state index in [2.05, 4.69) is 50.6 Å². The highest BCUT2D eigenvalue weighted by atomic mass is 19.1. The third kappa shape index (κ3) is 6.00. The lowest BCUT2D eigenvalue weighted by atomic mass is 9.78. The van der Waals surface area contributed by atoms with Crippen LogP contribution < -0.4 is 9.64 Å². The van der Waals surface area contributed by atoms with Gasteiger partial charge in [0.05, 0.1) is 17.7 Å². The monoisotopic (exact) mass is 457 g/mol. The molecule has 0 spiro atoms. The molecule has 3 rings (SSSR count). The molecule has 0 aliphatic heterocycles. The summed E-state index contributed by atoms with van der Waals surface area (Å²) in [6.07, 6.45) is 8.54. The summed E-state index contributed by atoms with van der Waals surface area (Å²) in [5.41, 5.74) is 3.14. The summed E-state index contributed by atoms with van der Waals surface area (Å²) in [5, 5.41) is 0. The predicted molar refractivity (Wildman–Crippen MR) is 141 cm³/mol. The maximum absolute atomic E-state index is 15.0. The minimum atomic E-state index is -0.366. The van der Waals surface area contributed by atoms with Gasteiger partial charge in [0, 0.05) is 11.2 Å². The van der Waals surface area contributed by atoms with Gasteiger partial charge < -0.3 is 9.64 Å². The molecule has 0 aliphatic carbocycles. The van der Waals surface area contributed by atoms with Gasteiger partial charge >= 0.3 is 0 Å². The van der Waals surface area contributed by atoms with Crippen molar-refractivity contribution in [3.63, 3.8) is 0 Å². The van der Waals surface area contributed by atoms with Crippen LogP contribution in [0.4, 0.5) is 15.8 Å². The summed E-state index contributed by atoms with van der Waals surface area (Å²) in [7, 11) is 0. The van der Waals surface area contributed by atoms with Crippen LogP contribution in [-0.2, 0) is 11.8 Å². The fraction of sp³-hybridized carbons (Fsp3) is 0.355. The fourth-order valence-electron chi connectivity index (χ4n) is 4.38. The van der Waals surface area contributed by atoms with Gasteiger partial charge in [0.2, 0.25) is 0 Å². The molecule has 178 valence electrons. The summed E-state index contributed by atoms with van der Waals surface area (Å²) in [6.45, 7) is 11.0. The van der Waals surface area contributed by atoms with Crippen LogP contribution in [0.1, 0.15) is 58.6 Å². The van der Waals surface area contributed by atoms with Gasteiger partial charge in [-0.3, -0.25) is 0 Å². The highest BCUT2D eigenvalue weighted by Gasteiger charge is 2.27. The molecule has 0 amide bonds. The van der Waals surface area contributed by atoms with Crippen LogP contribution in [-0.4, -0.2) is 12.1 Å². The standard InChI is InChI=1S/C31H36FNO/c1-7-31(6,25-17-19-27(20-18-25)34-8-2)22-12-13-24-16-21-28(32)29(23-24)33(30(3,4)5)26-14-10-9-11-15-26/h1,9-11,14-21,23H,8,12-13,22H2,2-6H3. The Hall–Kier alpha value is -3.25. The minimum absolute atomic E-state index is 0.217. The van der Waals surface area contributed by atoms with E-state index in [1.54, 1.807) is 6.07 Å². The second-order valence-corrected chi connectivity index (χ2v) is 9.91. The topological polar surface area (TPSA) is 12.5 Å². The maximum atomic E-state index is 15.0. The molecule has 0 heterocycles. The van der Waals surface area contributed by atoms with Gasteiger partial charge in [0.25, 0.3) is 0 Å². The second-order valence-electron chi connectivity index (χ2n) is 9.91. The molecule has 0 radical (unpaired) electrons. The number of ether oxygens (including phenoxy) is 1. The number of anilines is 2. The number of nitrogens with zero attached hydrogens (tertiary/aromatic N) is 1. The number of rotatable bonds is 9. The Morgan fingerprint density at radius 3 is 2.21 bits per heavy atom. The third-order valence-corrected chi connectivity index (χ3v) is 6.20. The number of terminal acetylenes is 1. The van der Waals surface area contributed by atoms with Crippen molar-refractivity contribution in [1.29, 1.82) is 0 Å². The lowest BCUT2D eigenvalue weighted by Gasteiger charge is -2.38. The molecular weight excluding hydrogens is 421 g/mol. The first-order valence-corrected chi connectivity index (χ1v) is 12.0. The van der Waals surface area contributed by atoms with E-state index >= 15 is 4.39 Å². The molecule has 2 nitrogen and oxygen atoms in total. The zero-order valence-corrected chi connectivity index (χ0v) is 21.1. The Kier molecular flexibility index (Phi) is 8.05. The van der Waals surface area contributed by atoms with Gasteiger partial charge in [0.1, 0.15) is 11.6 Å². The van der Waals surface area contributed by atoms with Crippen LogP contribution in [0.15, 0.2) is 72.8 Å². The molecule has 0 aromatic heterocycles. The molecule has 0 fully saturated rings. The van der Waals surface area contributed by atoms with Gasteiger partial charge in [-0.15, -0.1) is 6.42 Å². The molecule has 3 aromatic rings. The molecular formula is C31H36FNO. The number of hydrogen-bond acceptors (Lipinski definition) is 2. The fourth-order valence-corrected chi connectivity index (χ4v) is 4.38. The first kappa shape index (κ1) is 25.4. The van der Waals surface area contributed by atoms with Crippen LogP contribution in [0.5, 0.6) is 5.75 Å². The Labute approximate surface area is 204 Å². The summed E-state index contributed by atoms with van der Waals surface area (Å²) in [6, 6.07) is 23.5. The normalized spacial score (nSPS) is 13.1. The third-order valence-electron chi connectivity index (χ3n) is 6.20. The quantitative estimate of drug-likeness (QED) is 0.301. The predicted octanol–water partition coefficient (Wildman–Crippen LogP) is 8.07. The Morgan fingerprint density at radius 1 is 0.941 bits per heavy atom. The van der Waals surface area contributed by atoms with Crippen molar-refractivity contribution in [2.24, 2.45) is 0 Å². The van der Waals surface area contributed by atoms with Crippen molar-refractivity contribution in [3.05, 3.63) is 89.7 Å². The van der Waals surface area contributed by atoms with E-state index in [0.29, 0.717) is 12.3 Å². The van der Waals surface area contributed by atoms with Gasteiger partial charge in [-0.25, -0.2) is 4.39 Å². The summed E-state index contributed by atoms with van der Waals surface area (Å²) < 4.78 is 20.6. The van der Waals surface area contributed by atoms with Gasteiger partial charge in [-0.2, -0.15) is 0 Å². The number of para-hydroxylation sites is 1. The summed E-state index contributed by atoms with van der Waals surface area (Å²) in [5.74, 6) is 3.64. The molecule has 0 saturated carbocycles. The number of aryl methyl sites for hydroxylation is 1. The van der Waals surface area contributed by atoms with Crippen molar-refractivity contribution in [2.75, 3.05) is 11.5 Å². The molecule has 0 saturated heterocycles. The van der Waals surface area contributed by atoms with Gasteiger partial charge in [-0.1, -0.05) is 42.3 Å². The molecule has 0 bridgehead atoms. The number of benzene rings is 3. The lowest BCUT2D eigenvalue weighted by Crippen LogP contribution is -2.38. The SMILES string of the molecule is C#CC(C)(CCCc1ccc(F)c(N(c2ccccc2)C(C)(C)C)c1)c1ccc(OCC)cc1. The van der Waals surface area contributed by atoms with E-state index in [-0.39, 0.29) is 16.8 Å². The molecule has 0 aliphatic rings. The van der Waals surface area contributed by atoms with E-state index in [1.807, 2.05) is 61.5 Å². The number of hydrogen-bond donors (Lipinski definition) is 0. The molecule has 1 unspecified atom stereocenters.